The van der Waals surface area contributed by atoms with Gasteiger partial charge in [0.2, 0.25) is 0 Å². The van der Waals surface area contributed by atoms with Gasteiger partial charge in [0.05, 0.1) is 19.2 Å². The van der Waals surface area contributed by atoms with Crippen LogP contribution >= 0.6 is 0 Å². The fourth-order valence-electron chi connectivity index (χ4n) is 4.15. The van der Waals surface area contributed by atoms with Gasteiger partial charge in [0.15, 0.2) is 0 Å². The van der Waals surface area contributed by atoms with Gasteiger partial charge >= 0.3 is 0 Å². The van der Waals surface area contributed by atoms with E-state index in [4.69, 9.17) is 4.74 Å². The second-order valence-corrected chi connectivity index (χ2v) is 7.37. The molecule has 0 saturated heterocycles. The third-order valence-electron chi connectivity index (χ3n) is 5.50. The summed E-state index contributed by atoms with van der Waals surface area (Å²) >= 11 is 0. The van der Waals surface area contributed by atoms with Crippen LogP contribution in [0.15, 0.2) is 48.5 Å². The van der Waals surface area contributed by atoms with Crippen LogP contribution in [0.5, 0.6) is 5.75 Å². The van der Waals surface area contributed by atoms with E-state index in [1.54, 1.807) is 0 Å². The van der Waals surface area contributed by atoms with E-state index in [9.17, 15) is 4.79 Å². The van der Waals surface area contributed by atoms with Crippen LogP contribution in [0.4, 0.5) is 0 Å². The lowest BCUT2D eigenvalue weighted by atomic mass is 10.0. The number of amides is 1. The maximum Gasteiger partial charge on any atom is 0.254 e. The summed E-state index contributed by atoms with van der Waals surface area (Å²) in [6, 6.07) is 15.9. The number of nitrogens with zero attached hydrogens (tertiary/aromatic N) is 4. The summed E-state index contributed by atoms with van der Waals surface area (Å²) in [7, 11) is 0. The first-order valence-electron chi connectivity index (χ1n) is 9.71. The van der Waals surface area contributed by atoms with Gasteiger partial charge in [0.1, 0.15) is 17.4 Å². The SMILES string of the molecule is Cc1nc2n(n1)CCN(C(=O)c1ccc3c(c1)CCO3)[C@H]2Cc1ccccc1. The van der Waals surface area contributed by atoms with Crippen LogP contribution in [-0.2, 0) is 19.4 Å². The summed E-state index contributed by atoms with van der Waals surface area (Å²) in [5, 5.41) is 4.51. The van der Waals surface area contributed by atoms with Crippen LogP contribution in [0.1, 0.15) is 39.2 Å². The lowest BCUT2D eigenvalue weighted by Gasteiger charge is -2.35. The monoisotopic (exact) mass is 374 g/mol. The quantitative estimate of drug-likeness (QED) is 0.707. The predicted molar refractivity (Wildman–Crippen MR) is 104 cm³/mol. The largest absolute Gasteiger partial charge is 0.493 e. The average molecular weight is 374 g/mol. The number of benzene rings is 2. The van der Waals surface area contributed by atoms with Gasteiger partial charge in [0.25, 0.3) is 5.91 Å². The first-order valence-corrected chi connectivity index (χ1v) is 9.71. The van der Waals surface area contributed by atoms with Crippen molar-refractivity contribution < 1.29 is 9.53 Å². The van der Waals surface area contributed by atoms with Crippen LogP contribution < -0.4 is 4.74 Å². The molecule has 1 atom stereocenters. The summed E-state index contributed by atoms with van der Waals surface area (Å²) in [5.41, 5.74) is 3.01. The van der Waals surface area contributed by atoms with Gasteiger partial charge in [-0.3, -0.25) is 4.79 Å². The highest BCUT2D eigenvalue weighted by Crippen LogP contribution is 2.31. The molecule has 5 rings (SSSR count). The third-order valence-corrected chi connectivity index (χ3v) is 5.50. The molecule has 142 valence electrons. The van der Waals surface area contributed by atoms with Crippen LogP contribution in [0.3, 0.4) is 0 Å². The minimum absolute atomic E-state index is 0.0440. The van der Waals surface area contributed by atoms with Crippen LogP contribution in [0, 0.1) is 6.92 Å². The Balaban J connectivity index is 1.50. The Morgan fingerprint density at radius 1 is 1.18 bits per heavy atom. The molecule has 1 amide bonds. The van der Waals surface area contributed by atoms with Crippen molar-refractivity contribution in [1.82, 2.24) is 19.7 Å². The predicted octanol–water partition coefficient (Wildman–Crippen LogP) is 2.96. The molecule has 0 fully saturated rings. The molecular weight excluding hydrogens is 352 g/mol. The number of ether oxygens (including phenoxy) is 1. The molecule has 0 spiro atoms. The average Bonchev–Trinajstić information content (AvgIpc) is 3.33. The van der Waals surface area contributed by atoms with Gasteiger partial charge in [-0.2, -0.15) is 5.10 Å². The zero-order chi connectivity index (χ0) is 19.1. The van der Waals surface area contributed by atoms with Gasteiger partial charge in [0, 0.05) is 24.9 Å². The summed E-state index contributed by atoms with van der Waals surface area (Å²) in [6.45, 7) is 3.88. The van der Waals surface area contributed by atoms with Crippen molar-refractivity contribution in [3.63, 3.8) is 0 Å². The molecule has 2 aliphatic heterocycles. The van der Waals surface area contributed by atoms with Crippen molar-refractivity contribution in [2.75, 3.05) is 13.2 Å². The van der Waals surface area contributed by atoms with Crippen molar-refractivity contribution >= 4 is 5.91 Å². The van der Waals surface area contributed by atoms with Crippen molar-refractivity contribution in [3.05, 3.63) is 76.9 Å². The summed E-state index contributed by atoms with van der Waals surface area (Å²) in [5.74, 6) is 2.55. The molecule has 6 heteroatoms. The molecule has 2 aromatic carbocycles. The van der Waals surface area contributed by atoms with E-state index in [2.05, 4.69) is 22.2 Å². The first-order chi connectivity index (χ1) is 13.7. The molecule has 0 bridgehead atoms. The molecule has 28 heavy (non-hydrogen) atoms. The molecule has 0 aliphatic carbocycles. The Morgan fingerprint density at radius 2 is 2.04 bits per heavy atom. The number of aryl methyl sites for hydroxylation is 1. The molecule has 0 radical (unpaired) electrons. The number of fused-ring (bicyclic) bond motifs is 2. The van der Waals surface area contributed by atoms with E-state index in [0.29, 0.717) is 25.3 Å². The fourth-order valence-corrected chi connectivity index (χ4v) is 4.15. The van der Waals surface area contributed by atoms with Crippen molar-refractivity contribution in [1.29, 1.82) is 0 Å². The normalized spacial score (nSPS) is 17.8. The zero-order valence-corrected chi connectivity index (χ0v) is 15.8. The summed E-state index contributed by atoms with van der Waals surface area (Å²) in [6.07, 6.45) is 1.58. The smallest absolute Gasteiger partial charge is 0.254 e. The standard InChI is InChI=1S/C22H22N4O2/c1-15-23-21-19(13-16-5-3-2-4-6-16)25(10-11-26(21)24-15)22(27)18-7-8-20-17(14-18)9-12-28-20/h2-8,14,19H,9-13H2,1H3/t19-/m0/s1. The lowest BCUT2D eigenvalue weighted by molar-refractivity contribution is 0.0608. The number of rotatable bonds is 3. The number of hydrogen-bond donors (Lipinski definition) is 0. The Labute approximate surface area is 163 Å². The minimum atomic E-state index is -0.130. The number of hydrogen-bond acceptors (Lipinski definition) is 4. The van der Waals surface area contributed by atoms with Crippen molar-refractivity contribution in [2.24, 2.45) is 0 Å². The van der Waals surface area contributed by atoms with Crippen molar-refractivity contribution in [2.45, 2.75) is 32.4 Å². The van der Waals surface area contributed by atoms with Gasteiger partial charge in [-0.25, -0.2) is 9.67 Å². The Hall–Kier alpha value is -3.15. The lowest BCUT2D eigenvalue weighted by Crippen LogP contribution is -2.43. The maximum absolute atomic E-state index is 13.4. The molecule has 1 aromatic heterocycles. The van der Waals surface area contributed by atoms with Crippen molar-refractivity contribution in [3.8, 4) is 5.75 Å². The number of carbonyl (C=O) groups is 1. The molecule has 6 nitrogen and oxygen atoms in total. The highest BCUT2D eigenvalue weighted by Gasteiger charge is 2.34. The second-order valence-electron chi connectivity index (χ2n) is 7.37. The van der Waals surface area contributed by atoms with E-state index in [0.717, 1.165) is 35.8 Å². The van der Waals surface area contributed by atoms with E-state index >= 15 is 0 Å². The fraction of sp³-hybridized carbons (Fsp3) is 0.318. The molecule has 3 heterocycles. The van der Waals surface area contributed by atoms with E-state index in [1.807, 2.05) is 52.9 Å². The Bertz CT molecular complexity index is 1030. The van der Waals surface area contributed by atoms with Crippen LogP contribution in [0.25, 0.3) is 0 Å². The molecule has 0 N–H and O–H groups in total. The third kappa shape index (κ3) is 2.95. The number of carbonyl (C=O) groups excluding carboxylic acids is 1. The highest BCUT2D eigenvalue weighted by atomic mass is 16.5. The molecule has 0 saturated carbocycles. The molecule has 2 aliphatic rings. The highest BCUT2D eigenvalue weighted by molar-refractivity contribution is 5.95. The van der Waals surface area contributed by atoms with E-state index in [1.165, 1.54) is 5.56 Å². The van der Waals surface area contributed by atoms with Gasteiger partial charge in [-0.05, 0) is 36.2 Å². The van der Waals surface area contributed by atoms with Crippen LogP contribution in [-0.4, -0.2) is 38.7 Å². The van der Waals surface area contributed by atoms with Gasteiger partial charge < -0.3 is 9.64 Å². The zero-order valence-electron chi connectivity index (χ0n) is 15.8. The topological polar surface area (TPSA) is 60.2 Å². The Kier molecular flexibility index (Phi) is 4.11. The first kappa shape index (κ1) is 17.0. The number of aromatic nitrogens is 3. The van der Waals surface area contributed by atoms with E-state index < -0.39 is 0 Å². The van der Waals surface area contributed by atoms with Gasteiger partial charge in [-0.15, -0.1) is 0 Å². The van der Waals surface area contributed by atoms with Gasteiger partial charge in [-0.1, -0.05) is 30.3 Å². The molecule has 3 aromatic rings. The van der Waals surface area contributed by atoms with E-state index in [-0.39, 0.29) is 11.9 Å². The summed E-state index contributed by atoms with van der Waals surface area (Å²) < 4.78 is 7.53. The van der Waals surface area contributed by atoms with Crippen LogP contribution in [0.2, 0.25) is 0 Å². The molecule has 0 unspecified atom stereocenters. The molecular formula is C22H22N4O2. The second kappa shape index (κ2) is 6.78. The maximum atomic E-state index is 13.4. The Morgan fingerprint density at radius 3 is 2.89 bits per heavy atom. The summed E-state index contributed by atoms with van der Waals surface area (Å²) in [4.78, 5) is 20.0. The minimum Gasteiger partial charge on any atom is -0.493 e.